The Balaban J connectivity index is 0.00000160. The SMILES string of the molecule is NC(N)=Nc1cc(C(=O)NCC(=O)NC(CC(=O)O)c2cc(C(F)(F)F)cc(C(F)(F)F)c2)cc(C(F)(F)F)c1.O=CC(F)(F)F. The smallest absolute Gasteiger partial charge is 0.446 e. The van der Waals surface area contributed by atoms with Crippen LogP contribution in [0.5, 0.6) is 0 Å². The van der Waals surface area contributed by atoms with Crippen molar-refractivity contribution in [3.63, 3.8) is 0 Å². The van der Waals surface area contributed by atoms with Crippen LogP contribution >= 0.6 is 0 Å². The first-order valence-corrected chi connectivity index (χ1v) is 11.7. The number of alkyl halides is 12. The van der Waals surface area contributed by atoms with Crippen molar-refractivity contribution in [3.05, 3.63) is 64.2 Å². The molecule has 0 spiro atoms. The molecule has 46 heavy (non-hydrogen) atoms. The molecule has 0 aliphatic heterocycles. The quantitative estimate of drug-likeness (QED) is 0.118. The third-order valence-electron chi connectivity index (χ3n) is 5.03. The van der Waals surface area contributed by atoms with Crippen molar-refractivity contribution in [3.8, 4) is 0 Å². The third-order valence-corrected chi connectivity index (χ3v) is 5.03. The van der Waals surface area contributed by atoms with E-state index < -0.39 is 107 Å². The zero-order chi connectivity index (χ0) is 35.8. The number of halogens is 12. The van der Waals surface area contributed by atoms with Gasteiger partial charge in [-0.15, -0.1) is 0 Å². The van der Waals surface area contributed by atoms with Gasteiger partial charge in [0.2, 0.25) is 12.2 Å². The number of nitrogens with zero attached hydrogens (tertiary/aromatic N) is 1. The van der Waals surface area contributed by atoms with Crippen LogP contribution in [0.25, 0.3) is 0 Å². The van der Waals surface area contributed by atoms with Crippen LogP contribution < -0.4 is 22.1 Å². The van der Waals surface area contributed by atoms with E-state index in [-0.39, 0.29) is 18.2 Å². The summed E-state index contributed by atoms with van der Waals surface area (Å²) < 4.78 is 150. The Kier molecular flexibility index (Phi) is 12.6. The molecular weight excluding hydrogens is 666 g/mol. The van der Waals surface area contributed by atoms with Gasteiger partial charge in [-0.1, -0.05) is 0 Å². The molecule has 0 bridgehead atoms. The fourth-order valence-electron chi connectivity index (χ4n) is 3.23. The van der Waals surface area contributed by atoms with Crippen molar-refractivity contribution in [1.29, 1.82) is 0 Å². The predicted octanol–water partition coefficient (Wildman–Crippen LogP) is 4.46. The van der Waals surface area contributed by atoms with Crippen LogP contribution in [0.15, 0.2) is 41.4 Å². The summed E-state index contributed by atoms with van der Waals surface area (Å²) in [4.78, 5) is 48.1. The average molecular weight is 685 g/mol. The topological polar surface area (TPSA) is 177 Å². The van der Waals surface area contributed by atoms with Crippen molar-refractivity contribution >= 4 is 35.7 Å². The van der Waals surface area contributed by atoms with Crippen LogP contribution in [0.3, 0.4) is 0 Å². The van der Waals surface area contributed by atoms with Gasteiger partial charge in [-0.05, 0) is 42.0 Å². The molecular formula is C24H19F12N5O5. The van der Waals surface area contributed by atoms with E-state index in [1.807, 2.05) is 10.6 Å². The molecule has 0 heterocycles. The summed E-state index contributed by atoms with van der Waals surface area (Å²) >= 11 is 0. The number of carbonyl (C=O) groups is 4. The monoisotopic (exact) mass is 685 g/mol. The molecule has 1 unspecified atom stereocenters. The molecule has 0 radical (unpaired) electrons. The highest BCUT2D eigenvalue weighted by Gasteiger charge is 2.38. The normalized spacial score (nSPS) is 12.6. The number of carboxylic acids is 1. The molecule has 2 aromatic carbocycles. The third kappa shape index (κ3) is 13.3. The van der Waals surface area contributed by atoms with Crippen molar-refractivity contribution in [2.45, 2.75) is 37.2 Å². The standard InChI is InChI=1S/C22H18F9N5O4.C2HF3O/c23-20(24,25)11-1-9(2-12(5-11)21(26,27)28)15(7-17(38)39)36-16(37)8-34-18(40)10-3-13(22(29,30)31)6-14(4-10)35-19(32)33;3-2(4,5)1-6/h1-6,15H,7-8H2,(H,34,40)(H,36,37)(H,38,39)(H4,32,33,35);1H. The van der Waals surface area contributed by atoms with Crippen LogP contribution in [-0.2, 0) is 32.9 Å². The number of amides is 2. The number of benzene rings is 2. The maximum atomic E-state index is 13.2. The van der Waals surface area contributed by atoms with Crippen molar-refractivity contribution in [2.75, 3.05) is 6.54 Å². The van der Waals surface area contributed by atoms with Gasteiger partial charge in [-0.3, -0.25) is 19.2 Å². The largest absolute Gasteiger partial charge is 0.481 e. The first-order chi connectivity index (χ1) is 20.7. The lowest BCUT2D eigenvalue weighted by Gasteiger charge is -2.21. The molecule has 10 nitrogen and oxygen atoms in total. The molecule has 2 aromatic rings. The minimum atomic E-state index is -5.26. The summed E-state index contributed by atoms with van der Waals surface area (Å²) in [5, 5.41) is 12.9. The summed E-state index contributed by atoms with van der Waals surface area (Å²) in [6, 6.07) is 0.0567. The van der Waals surface area contributed by atoms with E-state index in [0.29, 0.717) is 12.1 Å². The number of aliphatic imine (C=N–C) groups is 1. The van der Waals surface area contributed by atoms with Crippen LogP contribution in [-0.4, -0.2) is 47.9 Å². The van der Waals surface area contributed by atoms with Crippen LogP contribution in [0.2, 0.25) is 0 Å². The lowest BCUT2D eigenvalue weighted by Crippen LogP contribution is -2.39. The van der Waals surface area contributed by atoms with E-state index in [4.69, 9.17) is 21.4 Å². The molecule has 2 amide bonds. The Morgan fingerprint density at radius 1 is 0.783 bits per heavy atom. The zero-order valence-corrected chi connectivity index (χ0v) is 22.3. The molecule has 0 saturated carbocycles. The van der Waals surface area contributed by atoms with Crippen LogP contribution in [0, 0.1) is 0 Å². The Bertz CT molecular complexity index is 1430. The van der Waals surface area contributed by atoms with Crippen LogP contribution in [0.4, 0.5) is 58.4 Å². The molecule has 7 N–H and O–H groups in total. The molecule has 254 valence electrons. The lowest BCUT2D eigenvalue weighted by atomic mass is 9.97. The van der Waals surface area contributed by atoms with Gasteiger partial charge in [-0.2, -0.15) is 52.7 Å². The fourth-order valence-corrected chi connectivity index (χ4v) is 3.23. The number of carbonyl (C=O) groups excluding carboxylic acids is 3. The maximum absolute atomic E-state index is 13.2. The second kappa shape index (κ2) is 14.8. The van der Waals surface area contributed by atoms with Crippen molar-refractivity contribution < 1.29 is 77.0 Å². The van der Waals surface area contributed by atoms with E-state index >= 15 is 0 Å². The first-order valence-electron chi connectivity index (χ1n) is 11.7. The second-order valence-electron chi connectivity index (χ2n) is 8.70. The number of nitrogens with one attached hydrogen (secondary N) is 2. The van der Waals surface area contributed by atoms with Gasteiger partial charge in [0.25, 0.3) is 5.91 Å². The highest BCUT2D eigenvalue weighted by Crippen LogP contribution is 2.38. The lowest BCUT2D eigenvalue weighted by molar-refractivity contribution is -0.156. The number of aliphatic carboxylic acids is 1. The molecule has 0 saturated heterocycles. The van der Waals surface area contributed by atoms with Crippen molar-refractivity contribution in [1.82, 2.24) is 10.6 Å². The number of carboxylic acid groups (broad SMARTS) is 1. The second-order valence-corrected chi connectivity index (χ2v) is 8.70. The summed E-state index contributed by atoms with van der Waals surface area (Å²) in [5.41, 5.74) is 3.39. The summed E-state index contributed by atoms with van der Waals surface area (Å²) in [6.45, 7) is -1.06. The van der Waals surface area contributed by atoms with Crippen molar-refractivity contribution in [2.24, 2.45) is 16.5 Å². The van der Waals surface area contributed by atoms with E-state index in [9.17, 15) is 67.1 Å². The zero-order valence-electron chi connectivity index (χ0n) is 22.3. The molecule has 1 atom stereocenters. The Morgan fingerprint density at radius 3 is 1.63 bits per heavy atom. The number of nitrogens with two attached hydrogens (primary N) is 2. The molecule has 0 aliphatic carbocycles. The van der Waals surface area contributed by atoms with E-state index in [2.05, 4.69) is 4.99 Å². The van der Waals surface area contributed by atoms with Gasteiger partial charge < -0.3 is 27.2 Å². The summed E-state index contributed by atoms with van der Waals surface area (Å²) in [5.74, 6) is -4.92. The minimum Gasteiger partial charge on any atom is -0.481 e. The number of hydrogen-bond donors (Lipinski definition) is 5. The molecule has 0 aromatic heterocycles. The summed E-state index contributed by atoms with van der Waals surface area (Å²) in [7, 11) is 0. The minimum absolute atomic E-state index is 0.199. The molecule has 0 aliphatic rings. The Hall–Kier alpha value is -5.05. The van der Waals surface area contributed by atoms with E-state index in [1.165, 1.54) is 0 Å². The number of hydrogen-bond acceptors (Lipinski definition) is 5. The highest BCUT2D eigenvalue weighted by atomic mass is 19.4. The Labute approximate surface area is 248 Å². The van der Waals surface area contributed by atoms with Gasteiger partial charge >= 0.3 is 30.7 Å². The molecule has 0 fully saturated rings. The van der Waals surface area contributed by atoms with Gasteiger partial charge in [0, 0.05) is 5.56 Å². The number of guanidine groups is 1. The van der Waals surface area contributed by atoms with Gasteiger partial charge in [0.1, 0.15) is 0 Å². The first kappa shape index (κ1) is 39.0. The van der Waals surface area contributed by atoms with Gasteiger partial charge in [-0.25, -0.2) is 4.99 Å². The average Bonchev–Trinajstić information content (AvgIpc) is 2.88. The van der Waals surface area contributed by atoms with Gasteiger partial charge in [0.05, 0.1) is 41.4 Å². The molecule has 2 rings (SSSR count). The van der Waals surface area contributed by atoms with Gasteiger partial charge in [0.15, 0.2) is 5.96 Å². The number of rotatable bonds is 8. The highest BCUT2D eigenvalue weighted by molar-refractivity contribution is 5.97. The fraction of sp³-hybridized carbons (Fsp3) is 0.292. The summed E-state index contributed by atoms with van der Waals surface area (Å²) in [6.07, 6.45) is -22.3. The maximum Gasteiger partial charge on any atom is 0.446 e. The predicted molar refractivity (Wildman–Crippen MR) is 131 cm³/mol. The van der Waals surface area contributed by atoms with Crippen LogP contribution in [0.1, 0.15) is 45.1 Å². The Morgan fingerprint density at radius 2 is 1.24 bits per heavy atom. The molecule has 22 heteroatoms. The van der Waals surface area contributed by atoms with E-state index in [1.54, 1.807) is 0 Å². The van der Waals surface area contributed by atoms with E-state index in [0.717, 1.165) is 6.07 Å². The number of aldehydes is 1.